The first kappa shape index (κ1) is 17.9. The Hall–Kier alpha value is -3.48. The minimum atomic E-state index is -4.78. The van der Waals surface area contributed by atoms with Gasteiger partial charge in [0.25, 0.3) is 0 Å². The molecule has 0 aliphatic carbocycles. The Kier molecular flexibility index (Phi) is 4.43. The van der Waals surface area contributed by atoms with E-state index in [2.05, 4.69) is 14.7 Å². The molecule has 2 aromatic heterocycles. The molecule has 4 aromatic rings. The van der Waals surface area contributed by atoms with E-state index in [0.29, 0.717) is 11.6 Å². The van der Waals surface area contributed by atoms with Crippen molar-refractivity contribution in [3.05, 3.63) is 72.4 Å². The van der Waals surface area contributed by atoms with Crippen molar-refractivity contribution in [3.63, 3.8) is 0 Å². The van der Waals surface area contributed by atoms with E-state index in [1.165, 1.54) is 18.2 Å². The third-order valence-corrected chi connectivity index (χ3v) is 4.16. The lowest BCUT2D eigenvalue weighted by atomic mass is 10.1. The number of alkyl halides is 3. The van der Waals surface area contributed by atoms with E-state index >= 15 is 0 Å². The van der Waals surface area contributed by atoms with Crippen molar-refractivity contribution in [1.29, 1.82) is 0 Å². The van der Waals surface area contributed by atoms with Gasteiger partial charge in [0, 0.05) is 0 Å². The van der Waals surface area contributed by atoms with E-state index in [1.807, 2.05) is 31.2 Å². The smallest absolute Gasteiger partial charge is 0.453 e. The normalized spacial score (nSPS) is 11.6. The highest BCUT2D eigenvalue weighted by Gasteiger charge is 2.32. The second-order valence-corrected chi connectivity index (χ2v) is 6.22. The Morgan fingerprint density at radius 1 is 0.929 bits per heavy atom. The molecular formula is C21H15F3N2O2. The van der Waals surface area contributed by atoms with Crippen LogP contribution in [0.4, 0.5) is 13.2 Å². The van der Waals surface area contributed by atoms with Crippen LogP contribution in [0.1, 0.15) is 5.56 Å². The topological polar surface area (TPSA) is 51.1 Å². The van der Waals surface area contributed by atoms with Crippen molar-refractivity contribution in [1.82, 2.24) is 9.97 Å². The van der Waals surface area contributed by atoms with Gasteiger partial charge >= 0.3 is 6.36 Å². The van der Waals surface area contributed by atoms with Crippen LogP contribution in [0.5, 0.6) is 5.75 Å². The molecule has 4 nitrogen and oxygen atoms in total. The van der Waals surface area contributed by atoms with Gasteiger partial charge in [-0.05, 0) is 36.8 Å². The first-order valence-electron chi connectivity index (χ1n) is 8.46. The number of rotatable bonds is 4. The third kappa shape index (κ3) is 3.78. The molecular weight excluding hydrogens is 369 g/mol. The first-order valence-corrected chi connectivity index (χ1v) is 8.46. The van der Waals surface area contributed by atoms with Crippen LogP contribution in [0.15, 0.2) is 71.3 Å². The van der Waals surface area contributed by atoms with Crippen molar-refractivity contribution in [3.8, 4) is 39.9 Å². The van der Waals surface area contributed by atoms with Crippen LogP contribution in [-0.4, -0.2) is 16.3 Å². The molecule has 0 atom stereocenters. The highest BCUT2D eigenvalue weighted by molar-refractivity contribution is 5.69. The summed E-state index contributed by atoms with van der Waals surface area (Å²) in [5, 5.41) is 0. The lowest BCUT2D eigenvalue weighted by molar-refractivity contribution is -0.274. The molecule has 0 spiro atoms. The van der Waals surface area contributed by atoms with E-state index < -0.39 is 6.36 Å². The van der Waals surface area contributed by atoms with Gasteiger partial charge in [0.2, 0.25) is 0 Å². The van der Waals surface area contributed by atoms with Crippen molar-refractivity contribution < 1.29 is 22.3 Å². The molecule has 0 radical (unpaired) electrons. The third-order valence-electron chi connectivity index (χ3n) is 4.16. The molecule has 2 aromatic carbocycles. The second kappa shape index (κ2) is 6.92. The molecule has 0 bridgehead atoms. The highest BCUT2D eigenvalue weighted by Crippen LogP contribution is 2.36. The molecule has 142 valence electrons. The fourth-order valence-electron chi connectivity index (χ4n) is 2.82. The number of para-hydroxylation sites is 1. The van der Waals surface area contributed by atoms with Crippen molar-refractivity contribution in [2.45, 2.75) is 13.3 Å². The van der Waals surface area contributed by atoms with Gasteiger partial charge in [0.1, 0.15) is 11.5 Å². The fraction of sp³-hybridized carbons (Fsp3) is 0.0952. The number of imidazole rings is 1. The number of halogens is 3. The molecule has 4 rings (SSSR count). The Balaban J connectivity index is 1.63. The lowest BCUT2D eigenvalue weighted by Gasteiger charge is -2.11. The van der Waals surface area contributed by atoms with Gasteiger partial charge < -0.3 is 14.1 Å². The molecule has 28 heavy (non-hydrogen) atoms. The summed E-state index contributed by atoms with van der Waals surface area (Å²) in [6, 6.07) is 17.0. The minimum absolute atomic E-state index is 0.205. The first-order chi connectivity index (χ1) is 13.4. The predicted octanol–water partition coefficient (Wildman–Crippen LogP) is 6.21. The van der Waals surface area contributed by atoms with E-state index in [-0.39, 0.29) is 17.1 Å². The molecule has 0 saturated heterocycles. The number of H-pyrrole nitrogens is 1. The Bertz CT molecular complexity index is 1100. The monoisotopic (exact) mass is 384 g/mol. The number of nitrogens with one attached hydrogen (secondary N) is 1. The molecule has 7 heteroatoms. The van der Waals surface area contributed by atoms with Gasteiger partial charge in [-0.3, -0.25) is 0 Å². The van der Waals surface area contributed by atoms with E-state index in [0.717, 1.165) is 16.8 Å². The number of ether oxygens (including phenoxy) is 1. The molecule has 0 amide bonds. The zero-order valence-corrected chi connectivity index (χ0v) is 14.7. The van der Waals surface area contributed by atoms with Gasteiger partial charge in [0.05, 0.1) is 17.5 Å². The second-order valence-electron chi connectivity index (χ2n) is 6.22. The molecule has 0 unspecified atom stereocenters. The molecule has 0 aliphatic rings. The van der Waals surface area contributed by atoms with Crippen LogP contribution >= 0.6 is 0 Å². The van der Waals surface area contributed by atoms with Crippen LogP contribution in [0.3, 0.4) is 0 Å². The zero-order chi connectivity index (χ0) is 19.7. The van der Waals surface area contributed by atoms with Gasteiger partial charge in [0.15, 0.2) is 11.6 Å². The summed E-state index contributed by atoms with van der Waals surface area (Å²) in [6.45, 7) is 2.01. The number of nitrogens with zero attached hydrogens (tertiary/aromatic N) is 1. The van der Waals surface area contributed by atoms with E-state index in [1.54, 1.807) is 24.4 Å². The van der Waals surface area contributed by atoms with Gasteiger partial charge in [-0.1, -0.05) is 42.0 Å². The Morgan fingerprint density at radius 2 is 1.64 bits per heavy atom. The Labute approximate surface area is 158 Å². The summed E-state index contributed by atoms with van der Waals surface area (Å²) in [5.41, 5.74) is 3.14. The van der Waals surface area contributed by atoms with Gasteiger partial charge in [-0.25, -0.2) is 4.98 Å². The quantitative estimate of drug-likeness (QED) is 0.455. The molecule has 2 heterocycles. The summed E-state index contributed by atoms with van der Waals surface area (Å²) in [7, 11) is 0. The lowest BCUT2D eigenvalue weighted by Crippen LogP contribution is -2.17. The number of benzene rings is 2. The standard InChI is InChI=1S/C21H15F3N2O2/c1-13-6-8-14(9-7-13)16-12-25-20(26-16)19-11-10-17(27-19)15-4-2-3-5-18(15)28-21(22,23)24/h2-12H,1H3,(H,25,26). The van der Waals surface area contributed by atoms with Gasteiger partial charge in [-0.2, -0.15) is 0 Å². The summed E-state index contributed by atoms with van der Waals surface area (Å²) in [6.07, 6.45) is -3.10. The van der Waals surface area contributed by atoms with Crippen LogP contribution in [0.25, 0.3) is 34.2 Å². The minimum Gasteiger partial charge on any atom is -0.453 e. The molecule has 0 aliphatic heterocycles. The summed E-state index contributed by atoms with van der Waals surface area (Å²) in [5.74, 6) is 0.824. The Morgan fingerprint density at radius 3 is 2.39 bits per heavy atom. The number of aryl methyl sites for hydroxylation is 1. The highest BCUT2D eigenvalue weighted by atomic mass is 19.4. The summed E-state index contributed by atoms with van der Waals surface area (Å²) in [4.78, 5) is 7.48. The zero-order valence-electron chi connectivity index (χ0n) is 14.7. The van der Waals surface area contributed by atoms with Crippen molar-refractivity contribution in [2.75, 3.05) is 0 Å². The summed E-state index contributed by atoms with van der Waals surface area (Å²) < 4.78 is 47.7. The van der Waals surface area contributed by atoms with Crippen LogP contribution < -0.4 is 4.74 Å². The van der Waals surface area contributed by atoms with Crippen LogP contribution in [0.2, 0.25) is 0 Å². The van der Waals surface area contributed by atoms with Crippen LogP contribution in [-0.2, 0) is 0 Å². The average Bonchev–Trinajstić information content (AvgIpc) is 3.31. The molecule has 1 N–H and O–H groups in total. The van der Waals surface area contributed by atoms with E-state index in [9.17, 15) is 13.2 Å². The maximum Gasteiger partial charge on any atom is 0.573 e. The SMILES string of the molecule is Cc1ccc(-c2cnc(-c3ccc(-c4ccccc4OC(F)(F)F)o3)[nH]2)cc1. The number of hydrogen-bond donors (Lipinski definition) is 1. The van der Waals surface area contributed by atoms with E-state index in [4.69, 9.17) is 4.42 Å². The number of aromatic amines is 1. The number of aromatic nitrogens is 2. The number of furan rings is 1. The fourth-order valence-corrected chi connectivity index (χ4v) is 2.82. The van der Waals surface area contributed by atoms with Gasteiger partial charge in [-0.15, -0.1) is 13.2 Å². The maximum atomic E-state index is 12.6. The predicted molar refractivity (Wildman–Crippen MR) is 98.6 cm³/mol. The van der Waals surface area contributed by atoms with Crippen LogP contribution in [0, 0.1) is 6.92 Å². The van der Waals surface area contributed by atoms with Crippen molar-refractivity contribution in [2.24, 2.45) is 0 Å². The maximum absolute atomic E-state index is 12.6. The molecule has 0 fully saturated rings. The summed E-state index contributed by atoms with van der Waals surface area (Å²) >= 11 is 0. The average molecular weight is 384 g/mol. The van der Waals surface area contributed by atoms with Crippen molar-refractivity contribution >= 4 is 0 Å². The molecule has 0 saturated carbocycles. The number of hydrogen-bond acceptors (Lipinski definition) is 3. The largest absolute Gasteiger partial charge is 0.573 e.